The molecule has 1 aliphatic heterocycles. The average molecular weight is 569 g/mol. The Bertz CT molecular complexity index is 959. The first-order chi connectivity index (χ1) is 18.8. The van der Waals surface area contributed by atoms with Crippen LogP contribution in [0.1, 0.15) is 85.0 Å². The van der Waals surface area contributed by atoms with Crippen molar-refractivity contribution in [2.24, 2.45) is 46.3 Å². The van der Waals surface area contributed by atoms with Crippen LogP contribution in [0.25, 0.3) is 0 Å². The van der Waals surface area contributed by atoms with E-state index in [4.69, 9.17) is 9.47 Å². The molecule has 0 aromatic heterocycles. The van der Waals surface area contributed by atoms with Crippen LogP contribution in [0.5, 0.6) is 0 Å². The SMILES string of the molecule is CC(CCC(=O)OC1OC(C(=O)O)C(O)C(O)C1O)C1CCC2C3CCC4CC(O)CCC4(C)C3CC(O)C12C. The molecule has 4 saturated carbocycles. The van der Waals surface area contributed by atoms with E-state index in [9.17, 15) is 40.2 Å². The van der Waals surface area contributed by atoms with Gasteiger partial charge >= 0.3 is 11.9 Å². The van der Waals surface area contributed by atoms with E-state index in [0.29, 0.717) is 30.1 Å². The summed E-state index contributed by atoms with van der Waals surface area (Å²) >= 11 is 0. The summed E-state index contributed by atoms with van der Waals surface area (Å²) in [5, 5.41) is 61.2. The van der Waals surface area contributed by atoms with Gasteiger partial charge in [-0.1, -0.05) is 20.8 Å². The fourth-order valence-electron chi connectivity index (χ4n) is 10.0. The molecule has 5 fully saturated rings. The molecule has 0 bridgehead atoms. The van der Waals surface area contributed by atoms with Crippen molar-refractivity contribution in [3.63, 3.8) is 0 Å². The number of ether oxygens (including phenoxy) is 2. The quantitative estimate of drug-likeness (QED) is 0.259. The molecule has 6 N–H and O–H groups in total. The Morgan fingerprint density at radius 2 is 1.65 bits per heavy atom. The number of esters is 1. The summed E-state index contributed by atoms with van der Waals surface area (Å²) in [5.74, 6) is 0.149. The van der Waals surface area contributed by atoms with Crippen molar-refractivity contribution in [3.05, 3.63) is 0 Å². The van der Waals surface area contributed by atoms with Crippen LogP contribution in [0.15, 0.2) is 0 Å². The molecule has 0 amide bonds. The van der Waals surface area contributed by atoms with Gasteiger partial charge in [-0.15, -0.1) is 0 Å². The smallest absolute Gasteiger partial charge is 0.335 e. The molecule has 1 saturated heterocycles. The van der Waals surface area contributed by atoms with Crippen LogP contribution in [0.4, 0.5) is 0 Å². The van der Waals surface area contributed by atoms with E-state index in [1.165, 1.54) is 0 Å². The van der Waals surface area contributed by atoms with E-state index in [0.717, 1.165) is 51.4 Å². The molecule has 4 aliphatic carbocycles. The number of aliphatic hydroxyl groups is 5. The van der Waals surface area contributed by atoms with Gasteiger partial charge in [0.1, 0.15) is 18.3 Å². The summed E-state index contributed by atoms with van der Waals surface area (Å²) in [4.78, 5) is 24.0. The minimum Gasteiger partial charge on any atom is -0.479 e. The van der Waals surface area contributed by atoms with Gasteiger partial charge < -0.3 is 40.1 Å². The van der Waals surface area contributed by atoms with Gasteiger partial charge in [0.2, 0.25) is 6.29 Å². The molecule has 40 heavy (non-hydrogen) atoms. The molecule has 5 aliphatic rings. The first-order valence-corrected chi connectivity index (χ1v) is 15.3. The second-order valence-electron chi connectivity index (χ2n) is 14.1. The minimum absolute atomic E-state index is 0.0195. The maximum absolute atomic E-state index is 12.7. The third-order valence-corrected chi connectivity index (χ3v) is 12.4. The van der Waals surface area contributed by atoms with Crippen molar-refractivity contribution in [2.75, 3.05) is 0 Å². The van der Waals surface area contributed by atoms with Crippen molar-refractivity contribution >= 4 is 11.9 Å². The molecular weight excluding hydrogens is 520 g/mol. The summed E-state index contributed by atoms with van der Waals surface area (Å²) in [5.41, 5.74) is -0.0631. The molecule has 0 spiro atoms. The summed E-state index contributed by atoms with van der Waals surface area (Å²) in [6.07, 6.45) is -1.13. The van der Waals surface area contributed by atoms with Gasteiger partial charge in [-0.2, -0.15) is 0 Å². The number of carbonyl (C=O) groups excluding carboxylic acids is 1. The van der Waals surface area contributed by atoms with Crippen molar-refractivity contribution < 1.29 is 49.7 Å². The molecule has 15 unspecified atom stereocenters. The van der Waals surface area contributed by atoms with E-state index in [-0.39, 0.29) is 35.2 Å². The second-order valence-corrected chi connectivity index (χ2v) is 14.1. The van der Waals surface area contributed by atoms with Gasteiger partial charge in [-0.3, -0.25) is 4.79 Å². The highest BCUT2D eigenvalue weighted by Gasteiger charge is 2.63. The highest BCUT2D eigenvalue weighted by atomic mass is 16.7. The number of carboxylic acid groups (broad SMARTS) is 1. The second kappa shape index (κ2) is 11.1. The van der Waals surface area contributed by atoms with E-state index in [2.05, 4.69) is 20.8 Å². The standard InChI is InChI=1S/C30H48O10/c1-14(4-9-22(33)39-28-25(36)23(34)24(35)26(40-28)27(37)38)18-7-8-19-17-6-5-15-12-16(31)10-11-29(15,2)20(17)13-21(32)30(18,19)3/h14-21,23-26,28,31-32,34-36H,4-13H2,1-3H3,(H,37,38). The number of carboxylic acids is 1. The minimum atomic E-state index is -1.85. The highest BCUT2D eigenvalue weighted by molar-refractivity contribution is 5.73. The lowest BCUT2D eigenvalue weighted by atomic mass is 9.43. The van der Waals surface area contributed by atoms with Gasteiger partial charge in [-0.25, -0.2) is 4.79 Å². The lowest BCUT2D eigenvalue weighted by Gasteiger charge is -2.62. The number of rotatable bonds is 6. The zero-order chi connectivity index (χ0) is 29.1. The maximum Gasteiger partial charge on any atom is 0.335 e. The Kier molecular flexibility index (Phi) is 8.36. The molecule has 0 radical (unpaired) electrons. The molecule has 10 heteroatoms. The Hall–Kier alpha value is -1.30. The summed E-state index contributed by atoms with van der Waals surface area (Å²) < 4.78 is 10.3. The highest BCUT2D eigenvalue weighted by Crippen LogP contribution is 2.68. The Labute approximate surface area is 236 Å². The maximum atomic E-state index is 12.7. The number of fused-ring (bicyclic) bond motifs is 5. The van der Waals surface area contributed by atoms with Crippen molar-refractivity contribution in [1.29, 1.82) is 0 Å². The lowest BCUT2D eigenvalue weighted by Crippen LogP contribution is -2.60. The van der Waals surface area contributed by atoms with E-state index in [1.807, 2.05) is 0 Å². The Morgan fingerprint density at radius 3 is 2.35 bits per heavy atom. The van der Waals surface area contributed by atoms with Crippen molar-refractivity contribution in [3.8, 4) is 0 Å². The van der Waals surface area contributed by atoms with Crippen LogP contribution < -0.4 is 0 Å². The van der Waals surface area contributed by atoms with E-state index >= 15 is 0 Å². The zero-order valence-electron chi connectivity index (χ0n) is 23.9. The van der Waals surface area contributed by atoms with Crippen LogP contribution in [0.3, 0.4) is 0 Å². The predicted octanol–water partition coefficient (Wildman–Crippen LogP) is 1.83. The molecule has 228 valence electrons. The largest absolute Gasteiger partial charge is 0.479 e. The van der Waals surface area contributed by atoms with Crippen molar-refractivity contribution in [2.45, 2.75) is 128 Å². The number of carbonyl (C=O) groups is 2. The predicted molar refractivity (Wildman–Crippen MR) is 141 cm³/mol. The summed E-state index contributed by atoms with van der Waals surface area (Å²) in [7, 11) is 0. The Balaban J connectivity index is 1.21. The average Bonchev–Trinajstić information content (AvgIpc) is 3.27. The van der Waals surface area contributed by atoms with Gasteiger partial charge in [0, 0.05) is 6.42 Å². The zero-order valence-corrected chi connectivity index (χ0v) is 23.9. The van der Waals surface area contributed by atoms with Gasteiger partial charge in [0.25, 0.3) is 0 Å². The molecule has 15 atom stereocenters. The number of hydrogen-bond donors (Lipinski definition) is 6. The molecule has 10 nitrogen and oxygen atoms in total. The fourth-order valence-corrected chi connectivity index (χ4v) is 10.0. The van der Waals surface area contributed by atoms with Crippen LogP contribution in [0.2, 0.25) is 0 Å². The molecule has 0 aromatic carbocycles. The Morgan fingerprint density at radius 1 is 0.925 bits per heavy atom. The number of hydrogen-bond acceptors (Lipinski definition) is 9. The third kappa shape index (κ3) is 4.90. The number of aliphatic carboxylic acids is 1. The van der Waals surface area contributed by atoms with Gasteiger partial charge in [-0.05, 0) is 104 Å². The van der Waals surface area contributed by atoms with E-state index < -0.39 is 48.7 Å². The van der Waals surface area contributed by atoms with Crippen molar-refractivity contribution in [1.82, 2.24) is 0 Å². The molecule has 5 rings (SSSR count). The molecule has 1 heterocycles. The third-order valence-electron chi connectivity index (χ3n) is 12.4. The van der Waals surface area contributed by atoms with Crippen LogP contribution in [-0.4, -0.2) is 85.5 Å². The fraction of sp³-hybridized carbons (Fsp3) is 0.933. The monoisotopic (exact) mass is 568 g/mol. The van der Waals surface area contributed by atoms with Gasteiger partial charge in [0.15, 0.2) is 6.10 Å². The summed E-state index contributed by atoms with van der Waals surface area (Å²) in [6, 6.07) is 0. The van der Waals surface area contributed by atoms with Gasteiger partial charge in [0.05, 0.1) is 12.2 Å². The van der Waals surface area contributed by atoms with Crippen LogP contribution in [-0.2, 0) is 19.1 Å². The van der Waals surface area contributed by atoms with E-state index in [1.54, 1.807) is 0 Å². The normalized spacial score (nSPS) is 51.2. The molecule has 0 aromatic rings. The van der Waals surface area contributed by atoms with Crippen LogP contribution >= 0.6 is 0 Å². The number of aliphatic hydroxyl groups excluding tert-OH is 5. The topological polar surface area (TPSA) is 174 Å². The first-order valence-electron chi connectivity index (χ1n) is 15.3. The molecular formula is C30H48O10. The van der Waals surface area contributed by atoms with Crippen LogP contribution in [0, 0.1) is 46.3 Å². The first kappa shape index (κ1) is 30.2. The summed E-state index contributed by atoms with van der Waals surface area (Å²) in [6.45, 7) is 6.76. The lowest BCUT2D eigenvalue weighted by molar-refractivity contribution is -0.286.